The minimum absolute atomic E-state index is 0.230. The van der Waals surface area contributed by atoms with Gasteiger partial charge in [-0.1, -0.05) is 31.2 Å². The third kappa shape index (κ3) is 5.31. The molecule has 0 aromatic heterocycles. The van der Waals surface area contributed by atoms with Gasteiger partial charge in [0.15, 0.2) is 0 Å². The molecular weight excluding hydrogens is 112 g/mol. The fourth-order valence-electron chi connectivity index (χ4n) is 0.426. The molecule has 0 aliphatic rings. The summed E-state index contributed by atoms with van der Waals surface area (Å²) in [5.41, 5.74) is 0. The standard InChI is InChI=1S/C8H14O/c1-3-4-5-6-8(2)7-9/h3-6,8-9H,7H2,1-2H3/b4-3+,6-5+/t8-/m0/s1. The average molecular weight is 126 g/mol. The first-order chi connectivity index (χ1) is 4.31. The Bertz CT molecular complexity index is 103. The van der Waals surface area contributed by atoms with Crippen LogP contribution in [0.3, 0.4) is 0 Å². The van der Waals surface area contributed by atoms with Crippen molar-refractivity contribution < 1.29 is 5.11 Å². The van der Waals surface area contributed by atoms with Gasteiger partial charge >= 0.3 is 0 Å². The highest BCUT2D eigenvalue weighted by atomic mass is 16.3. The molecule has 9 heavy (non-hydrogen) atoms. The molecular formula is C8H14O. The van der Waals surface area contributed by atoms with Crippen molar-refractivity contribution in [3.8, 4) is 0 Å². The second-order valence-corrected chi connectivity index (χ2v) is 2.07. The van der Waals surface area contributed by atoms with Crippen LogP contribution in [-0.4, -0.2) is 11.7 Å². The Morgan fingerprint density at radius 2 is 2.11 bits per heavy atom. The van der Waals surface area contributed by atoms with Crippen LogP contribution in [0, 0.1) is 5.92 Å². The molecule has 0 saturated heterocycles. The monoisotopic (exact) mass is 126 g/mol. The Hall–Kier alpha value is -0.560. The van der Waals surface area contributed by atoms with Gasteiger partial charge in [-0.2, -0.15) is 0 Å². The van der Waals surface area contributed by atoms with Gasteiger partial charge in [-0.3, -0.25) is 0 Å². The number of aliphatic hydroxyl groups is 1. The van der Waals surface area contributed by atoms with E-state index < -0.39 is 0 Å². The molecule has 0 radical (unpaired) electrons. The van der Waals surface area contributed by atoms with E-state index in [1.54, 1.807) is 0 Å². The third-order valence-electron chi connectivity index (χ3n) is 1.03. The van der Waals surface area contributed by atoms with E-state index in [0.717, 1.165) is 0 Å². The zero-order valence-electron chi connectivity index (χ0n) is 6.04. The lowest BCUT2D eigenvalue weighted by Crippen LogP contribution is -1.94. The summed E-state index contributed by atoms with van der Waals surface area (Å²) in [5.74, 6) is 0.279. The summed E-state index contributed by atoms with van der Waals surface area (Å²) in [6.45, 7) is 4.17. The minimum Gasteiger partial charge on any atom is -0.396 e. The molecule has 0 rings (SSSR count). The summed E-state index contributed by atoms with van der Waals surface area (Å²) in [4.78, 5) is 0. The molecule has 1 heteroatoms. The van der Waals surface area contributed by atoms with E-state index in [9.17, 15) is 0 Å². The fraction of sp³-hybridized carbons (Fsp3) is 0.500. The van der Waals surface area contributed by atoms with Gasteiger partial charge in [0, 0.05) is 6.61 Å². The summed E-state index contributed by atoms with van der Waals surface area (Å²) in [5, 5.41) is 8.56. The van der Waals surface area contributed by atoms with Gasteiger partial charge in [0.2, 0.25) is 0 Å². The van der Waals surface area contributed by atoms with Crippen LogP contribution in [-0.2, 0) is 0 Å². The van der Waals surface area contributed by atoms with Crippen LogP contribution in [0.5, 0.6) is 0 Å². The van der Waals surface area contributed by atoms with Crippen molar-refractivity contribution in [2.24, 2.45) is 5.92 Å². The van der Waals surface area contributed by atoms with Gasteiger partial charge in [-0.05, 0) is 12.8 Å². The Balaban J connectivity index is 3.43. The number of hydrogen-bond donors (Lipinski definition) is 1. The Morgan fingerprint density at radius 3 is 2.56 bits per heavy atom. The molecule has 0 fully saturated rings. The van der Waals surface area contributed by atoms with E-state index >= 15 is 0 Å². The quantitative estimate of drug-likeness (QED) is 0.571. The molecule has 1 N–H and O–H groups in total. The van der Waals surface area contributed by atoms with Crippen molar-refractivity contribution in [2.75, 3.05) is 6.61 Å². The zero-order valence-corrected chi connectivity index (χ0v) is 6.04. The highest BCUT2D eigenvalue weighted by molar-refractivity contribution is 5.02. The Labute approximate surface area is 56.7 Å². The van der Waals surface area contributed by atoms with E-state index in [4.69, 9.17) is 5.11 Å². The van der Waals surface area contributed by atoms with Crippen LogP contribution < -0.4 is 0 Å². The molecule has 0 saturated carbocycles. The van der Waals surface area contributed by atoms with Gasteiger partial charge in [-0.15, -0.1) is 0 Å². The maximum Gasteiger partial charge on any atom is 0.0491 e. The minimum atomic E-state index is 0.230. The fourth-order valence-corrected chi connectivity index (χ4v) is 0.426. The molecule has 0 aliphatic heterocycles. The molecule has 0 aromatic rings. The summed E-state index contributed by atoms with van der Waals surface area (Å²) < 4.78 is 0. The van der Waals surface area contributed by atoms with E-state index in [1.165, 1.54) is 0 Å². The van der Waals surface area contributed by atoms with E-state index in [1.807, 2.05) is 38.2 Å². The summed E-state index contributed by atoms with van der Waals surface area (Å²) >= 11 is 0. The highest BCUT2D eigenvalue weighted by Gasteiger charge is 1.88. The lowest BCUT2D eigenvalue weighted by atomic mass is 10.2. The van der Waals surface area contributed by atoms with Gasteiger partial charge in [-0.25, -0.2) is 0 Å². The van der Waals surface area contributed by atoms with Crippen LogP contribution in [0.1, 0.15) is 13.8 Å². The van der Waals surface area contributed by atoms with Crippen molar-refractivity contribution >= 4 is 0 Å². The summed E-state index contributed by atoms with van der Waals surface area (Å²) in [6, 6.07) is 0. The zero-order chi connectivity index (χ0) is 7.11. The molecule has 52 valence electrons. The number of allylic oxidation sites excluding steroid dienone is 3. The lowest BCUT2D eigenvalue weighted by Gasteiger charge is -1.95. The van der Waals surface area contributed by atoms with Crippen LogP contribution in [0.25, 0.3) is 0 Å². The highest BCUT2D eigenvalue weighted by Crippen LogP contribution is 1.93. The van der Waals surface area contributed by atoms with Crippen LogP contribution in [0.15, 0.2) is 24.3 Å². The normalized spacial score (nSPS) is 15.4. The van der Waals surface area contributed by atoms with Crippen LogP contribution in [0.4, 0.5) is 0 Å². The van der Waals surface area contributed by atoms with Crippen molar-refractivity contribution in [3.05, 3.63) is 24.3 Å². The maximum atomic E-state index is 8.56. The van der Waals surface area contributed by atoms with E-state index in [2.05, 4.69) is 0 Å². The van der Waals surface area contributed by atoms with Gasteiger partial charge in [0.1, 0.15) is 0 Å². The molecule has 1 nitrogen and oxygen atoms in total. The lowest BCUT2D eigenvalue weighted by molar-refractivity contribution is 0.262. The Morgan fingerprint density at radius 1 is 1.44 bits per heavy atom. The van der Waals surface area contributed by atoms with Gasteiger partial charge in [0.25, 0.3) is 0 Å². The third-order valence-corrected chi connectivity index (χ3v) is 1.03. The molecule has 0 spiro atoms. The molecule has 0 aliphatic carbocycles. The van der Waals surface area contributed by atoms with Gasteiger partial charge in [0.05, 0.1) is 0 Å². The van der Waals surface area contributed by atoms with Crippen LogP contribution >= 0.6 is 0 Å². The topological polar surface area (TPSA) is 20.2 Å². The SMILES string of the molecule is C/C=C/C=C/[C@H](C)CO. The first-order valence-corrected chi connectivity index (χ1v) is 3.21. The second kappa shape index (κ2) is 5.57. The molecule has 0 amide bonds. The van der Waals surface area contributed by atoms with Crippen molar-refractivity contribution in [1.82, 2.24) is 0 Å². The second-order valence-electron chi connectivity index (χ2n) is 2.07. The molecule has 1 atom stereocenters. The summed E-state index contributed by atoms with van der Waals surface area (Å²) in [6.07, 6.45) is 7.83. The van der Waals surface area contributed by atoms with E-state index in [0.29, 0.717) is 0 Å². The van der Waals surface area contributed by atoms with Crippen molar-refractivity contribution in [1.29, 1.82) is 0 Å². The average Bonchev–Trinajstić information content (AvgIpc) is 1.89. The van der Waals surface area contributed by atoms with Crippen molar-refractivity contribution in [3.63, 3.8) is 0 Å². The molecule has 0 unspecified atom stereocenters. The van der Waals surface area contributed by atoms with Crippen LogP contribution in [0.2, 0.25) is 0 Å². The molecule has 0 heterocycles. The summed E-state index contributed by atoms with van der Waals surface area (Å²) in [7, 11) is 0. The number of hydrogen-bond acceptors (Lipinski definition) is 1. The predicted octanol–water partition coefficient (Wildman–Crippen LogP) is 1.75. The first kappa shape index (κ1) is 8.44. The first-order valence-electron chi connectivity index (χ1n) is 3.21. The predicted molar refractivity (Wildman–Crippen MR) is 40.2 cm³/mol. The largest absolute Gasteiger partial charge is 0.396 e. The molecule has 0 bridgehead atoms. The van der Waals surface area contributed by atoms with Crippen molar-refractivity contribution in [2.45, 2.75) is 13.8 Å². The number of rotatable bonds is 3. The maximum absolute atomic E-state index is 8.56. The smallest absolute Gasteiger partial charge is 0.0491 e. The molecule has 0 aromatic carbocycles. The Kier molecular flexibility index (Phi) is 5.23. The van der Waals surface area contributed by atoms with E-state index in [-0.39, 0.29) is 12.5 Å². The van der Waals surface area contributed by atoms with Gasteiger partial charge < -0.3 is 5.11 Å². The number of aliphatic hydroxyl groups excluding tert-OH is 1.